The molecule has 0 amide bonds. The standard InChI is InChI=1S/C10H19O4P/c1-6-12-7-8-15(11)13-9(2,3)10(4,5)14-15/h7-8H,6H2,1-5H3/b8-7+. The van der Waals surface area contributed by atoms with E-state index in [1.165, 1.54) is 12.1 Å². The molecule has 1 heterocycles. The maximum atomic E-state index is 12.1. The average molecular weight is 234 g/mol. The predicted octanol–water partition coefficient (Wildman–Crippen LogP) is 3.29. The van der Waals surface area contributed by atoms with Gasteiger partial charge in [-0.3, -0.25) is 13.6 Å². The van der Waals surface area contributed by atoms with Gasteiger partial charge in [0, 0.05) is 0 Å². The maximum Gasteiger partial charge on any atom is 0.358 e. The van der Waals surface area contributed by atoms with Gasteiger partial charge in [-0.15, -0.1) is 0 Å². The van der Waals surface area contributed by atoms with E-state index in [4.69, 9.17) is 13.8 Å². The Morgan fingerprint density at radius 1 is 1.20 bits per heavy atom. The molecule has 1 aliphatic heterocycles. The van der Waals surface area contributed by atoms with E-state index in [-0.39, 0.29) is 0 Å². The summed E-state index contributed by atoms with van der Waals surface area (Å²) >= 11 is 0. The number of hydrogen-bond acceptors (Lipinski definition) is 4. The van der Waals surface area contributed by atoms with Crippen LogP contribution in [0.3, 0.4) is 0 Å². The van der Waals surface area contributed by atoms with Crippen LogP contribution in [0.25, 0.3) is 0 Å². The van der Waals surface area contributed by atoms with Crippen molar-refractivity contribution < 1.29 is 18.3 Å². The van der Waals surface area contributed by atoms with Crippen molar-refractivity contribution in [2.45, 2.75) is 45.8 Å². The van der Waals surface area contributed by atoms with Gasteiger partial charge in [0.25, 0.3) is 0 Å². The molecule has 88 valence electrons. The monoisotopic (exact) mass is 234 g/mol. The van der Waals surface area contributed by atoms with Gasteiger partial charge in [0.05, 0.1) is 18.7 Å². The highest BCUT2D eigenvalue weighted by Gasteiger charge is 2.54. The van der Waals surface area contributed by atoms with E-state index in [0.717, 1.165) is 0 Å². The molecular weight excluding hydrogens is 215 g/mol. The lowest BCUT2D eigenvalue weighted by Crippen LogP contribution is -2.41. The second kappa shape index (κ2) is 3.93. The van der Waals surface area contributed by atoms with Crippen molar-refractivity contribution in [3.63, 3.8) is 0 Å². The molecule has 4 nitrogen and oxygen atoms in total. The van der Waals surface area contributed by atoms with Gasteiger partial charge in [-0.1, -0.05) is 0 Å². The number of ether oxygens (including phenoxy) is 1. The van der Waals surface area contributed by atoms with Gasteiger partial charge in [0.15, 0.2) is 0 Å². The van der Waals surface area contributed by atoms with E-state index in [1.54, 1.807) is 0 Å². The summed E-state index contributed by atoms with van der Waals surface area (Å²) in [5.74, 6) is 1.37. The van der Waals surface area contributed by atoms with Crippen LogP contribution in [-0.2, 0) is 18.3 Å². The van der Waals surface area contributed by atoms with Gasteiger partial charge in [-0.05, 0) is 34.6 Å². The highest BCUT2D eigenvalue weighted by Crippen LogP contribution is 2.64. The summed E-state index contributed by atoms with van der Waals surface area (Å²) in [4.78, 5) is 0. The van der Waals surface area contributed by atoms with E-state index < -0.39 is 18.8 Å². The Labute approximate surface area is 91.1 Å². The molecule has 0 N–H and O–H groups in total. The smallest absolute Gasteiger partial charge is 0.358 e. The minimum Gasteiger partial charge on any atom is -0.501 e. The summed E-state index contributed by atoms with van der Waals surface area (Å²) in [6, 6.07) is 0. The molecule has 0 atom stereocenters. The fourth-order valence-electron chi connectivity index (χ4n) is 1.15. The Morgan fingerprint density at radius 2 is 1.67 bits per heavy atom. The van der Waals surface area contributed by atoms with Crippen molar-refractivity contribution in [1.29, 1.82) is 0 Å². The molecule has 0 aromatic carbocycles. The first-order valence-corrected chi connectivity index (χ1v) is 6.64. The minimum atomic E-state index is -3.15. The van der Waals surface area contributed by atoms with Crippen molar-refractivity contribution in [3.8, 4) is 0 Å². The first kappa shape index (κ1) is 12.8. The van der Waals surface area contributed by atoms with E-state index in [9.17, 15) is 4.57 Å². The molecular formula is C10H19O4P. The summed E-state index contributed by atoms with van der Waals surface area (Å²) in [6.07, 6.45) is 1.37. The lowest BCUT2D eigenvalue weighted by molar-refractivity contribution is 0.00578. The van der Waals surface area contributed by atoms with Gasteiger partial charge >= 0.3 is 7.60 Å². The minimum absolute atomic E-state index is 0.531. The molecule has 0 aromatic rings. The third kappa shape index (κ3) is 2.63. The molecule has 15 heavy (non-hydrogen) atoms. The molecule has 1 fully saturated rings. The van der Waals surface area contributed by atoms with Crippen LogP contribution in [0.2, 0.25) is 0 Å². The van der Waals surface area contributed by atoms with Gasteiger partial charge in [-0.2, -0.15) is 0 Å². The fraction of sp³-hybridized carbons (Fsp3) is 0.800. The summed E-state index contributed by atoms with van der Waals surface area (Å²) in [6.45, 7) is 9.83. The maximum absolute atomic E-state index is 12.1. The highest BCUT2D eigenvalue weighted by molar-refractivity contribution is 7.57. The average Bonchev–Trinajstić information content (AvgIpc) is 2.16. The summed E-state index contributed by atoms with van der Waals surface area (Å²) in [5, 5.41) is 0. The van der Waals surface area contributed by atoms with Gasteiger partial charge in [0.2, 0.25) is 0 Å². The van der Waals surface area contributed by atoms with Crippen LogP contribution in [0.15, 0.2) is 12.1 Å². The van der Waals surface area contributed by atoms with Crippen LogP contribution in [0.4, 0.5) is 0 Å². The quantitative estimate of drug-likeness (QED) is 0.555. The molecule has 0 spiro atoms. The Hall–Kier alpha value is -0.310. The second-order valence-corrected chi connectivity index (χ2v) is 6.23. The van der Waals surface area contributed by atoms with Crippen LogP contribution < -0.4 is 0 Å². The van der Waals surface area contributed by atoms with Crippen LogP contribution in [0, 0.1) is 0 Å². The summed E-state index contributed by atoms with van der Waals surface area (Å²) < 4.78 is 28.0. The zero-order chi connectivity index (χ0) is 11.7. The van der Waals surface area contributed by atoms with Crippen molar-refractivity contribution in [2.75, 3.05) is 6.61 Å². The number of hydrogen-bond donors (Lipinski definition) is 0. The topological polar surface area (TPSA) is 44.8 Å². The van der Waals surface area contributed by atoms with E-state index in [2.05, 4.69) is 0 Å². The Morgan fingerprint density at radius 3 is 2.07 bits per heavy atom. The number of rotatable bonds is 3. The third-order valence-electron chi connectivity index (χ3n) is 2.67. The van der Waals surface area contributed by atoms with Gasteiger partial charge in [-0.25, -0.2) is 0 Å². The molecule has 0 aromatic heterocycles. The first-order chi connectivity index (χ1) is 6.72. The van der Waals surface area contributed by atoms with Gasteiger partial charge in [0.1, 0.15) is 11.2 Å². The summed E-state index contributed by atoms with van der Waals surface area (Å²) in [7, 11) is -3.15. The molecule has 0 unspecified atom stereocenters. The molecule has 0 bridgehead atoms. The Bertz CT molecular complexity index is 287. The van der Waals surface area contributed by atoms with Crippen LogP contribution in [0.5, 0.6) is 0 Å². The van der Waals surface area contributed by atoms with Crippen molar-refractivity contribution >= 4 is 7.60 Å². The fourth-order valence-corrected chi connectivity index (χ4v) is 3.26. The van der Waals surface area contributed by atoms with E-state index in [1.807, 2.05) is 34.6 Å². The SMILES string of the molecule is CCO/C=C/P1(=O)OC(C)(C)C(C)(C)O1. The zero-order valence-electron chi connectivity index (χ0n) is 9.94. The molecule has 5 heteroatoms. The highest BCUT2D eigenvalue weighted by atomic mass is 31.2. The largest absolute Gasteiger partial charge is 0.501 e. The van der Waals surface area contributed by atoms with Crippen molar-refractivity contribution in [3.05, 3.63) is 12.1 Å². The van der Waals surface area contributed by atoms with E-state index >= 15 is 0 Å². The summed E-state index contributed by atoms with van der Waals surface area (Å²) in [5.41, 5.74) is -1.14. The lowest BCUT2D eigenvalue weighted by atomic mass is 9.90. The Balaban J connectivity index is 2.80. The van der Waals surface area contributed by atoms with Crippen LogP contribution in [0.1, 0.15) is 34.6 Å². The van der Waals surface area contributed by atoms with E-state index in [0.29, 0.717) is 6.61 Å². The lowest BCUT2D eigenvalue weighted by Gasteiger charge is -2.29. The second-order valence-electron chi connectivity index (χ2n) is 4.48. The van der Waals surface area contributed by atoms with Gasteiger partial charge < -0.3 is 4.74 Å². The zero-order valence-corrected chi connectivity index (χ0v) is 10.8. The van der Waals surface area contributed by atoms with Crippen LogP contribution in [-0.4, -0.2) is 17.8 Å². The molecule has 0 radical (unpaired) electrons. The van der Waals surface area contributed by atoms with Crippen molar-refractivity contribution in [1.82, 2.24) is 0 Å². The normalized spacial score (nSPS) is 27.0. The molecule has 1 aliphatic rings. The van der Waals surface area contributed by atoms with Crippen LogP contribution >= 0.6 is 7.60 Å². The Kier molecular flexibility index (Phi) is 3.34. The predicted molar refractivity (Wildman–Crippen MR) is 58.7 cm³/mol. The first-order valence-electron chi connectivity index (χ1n) is 5.03. The molecule has 0 saturated carbocycles. The third-order valence-corrected chi connectivity index (χ3v) is 4.58. The molecule has 0 aliphatic carbocycles. The molecule has 1 saturated heterocycles. The molecule has 1 rings (SSSR count). The van der Waals surface area contributed by atoms with Crippen molar-refractivity contribution in [2.24, 2.45) is 0 Å².